The number of rotatable bonds is 3. The van der Waals surface area contributed by atoms with Gasteiger partial charge in [-0.05, 0) is 40.9 Å². The Morgan fingerprint density at radius 3 is 2.81 bits per heavy atom. The second kappa shape index (κ2) is 7.45. The largest absolute Gasteiger partial charge is 0.370 e. The number of H-pyrrole nitrogens is 1. The number of nitrogens with one attached hydrogen (secondary N) is 2. The zero-order valence-corrected chi connectivity index (χ0v) is 15.9. The van der Waals surface area contributed by atoms with E-state index in [2.05, 4.69) is 41.1 Å². The van der Waals surface area contributed by atoms with Gasteiger partial charge in [0.2, 0.25) is 0 Å². The van der Waals surface area contributed by atoms with Crippen molar-refractivity contribution in [3.05, 3.63) is 47.0 Å². The van der Waals surface area contributed by atoms with E-state index in [-0.39, 0.29) is 5.91 Å². The van der Waals surface area contributed by atoms with Gasteiger partial charge in [0.25, 0.3) is 5.91 Å². The van der Waals surface area contributed by atoms with Crippen LogP contribution in [0.25, 0.3) is 11.0 Å². The van der Waals surface area contributed by atoms with Gasteiger partial charge < -0.3 is 15.2 Å². The number of hydrogen-bond donors (Lipinski definition) is 2. The predicted molar refractivity (Wildman–Crippen MR) is 107 cm³/mol. The van der Waals surface area contributed by atoms with Gasteiger partial charge in [-0.3, -0.25) is 9.78 Å². The number of fused-ring (bicyclic) bond motifs is 1. The molecule has 0 bridgehead atoms. The summed E-state index contributed by atoms with van der Waals surface area (Å²) in [5.74, 6) is -0.166. The molecule has 0 saturated carbocycles. The van der Waals surface area contributed by atoms with Crippen LogP contribution in [-0.2, 0) is 0 Å². The van der Waals surface area contributed by atoms with Crippen molar-refractivity contribution in [2.75, 3.05) is 23.3 Å². The van der Waals surface area contributed by atoms with E-state index in [1.807, 2.05) is 12.1 Å². The van der Waals surface area contributed by atoms with Crippen LogP contribution in [0.4, 0.5) is 11.4 Å². The van der Waals surface area contributed by atoms with Crippen molar-refractivity contribution in [2.45, 2.75) is 25.7 Å². The lowest BCUT2D eigenvalue weighted by atomic mass is 10.2. The van der Waals surface area contributed by atoms with Gasteiger partial charge in [0.05, 0.1) is 23.1 Å². The molecule has 7 heteroatoms. The molecule has 1 amide bonds. The van der Waals surface area contributed by atoms with E-state index in [0.29, 0.717) is 11.2 Å². The third-order valence-corrected chi connectivity index (χ3v) is 5.17. The van der Waals surface area contributed by atoms with E-state index < -0.39 is 0 Å². The van der Waals surface area contributed by atoms with Gasteiger partial charge in [-0.25, -0.2) is 4.98 Å². The lowest BCUT2D eigenvalue weighted by Gasteiger charge is -2.25. The number of pyridine rings is 2. The Bertz CT molecular complexity index is 931. The average molecular weight is 414 g/mol. The van der Waals surface area contributed by atoms with Crippen molar-refractivity contribution in [2.24, 2.45) is 0 Å². The van der Waals surface area contributed by atoms with Crippen LogP contribution in [0, 0.1) is 0 Å². The molecule has 0 aromatic carbocycles. The number of carbonyl (C=O) groups excluding carboxylic acids is 1. The third-order valence-electron chi connectivity index (χ3n) is 4.74. The number of hydrogen-bond acceptors (Lipinski definition) is 4. The van der Waals surface area contributed by atoms with Gasteiger partial charge in [0.15, 0.2) is 0 Å². The van der Waals surface area contributed by atoms with Crippen molar-refractivity contribution in [3.63, 3.8) is 0 Å². The number of anilines is 2. The van der Waals surface area contributed by atoms with Crippen molar-refractivity contribution < 1.29 is 4.79 Å². The number of aromatic nitrogens is 3. The highest BCUT2D eigenvalue weighted by atomic mass is 79.9. The van der Waals surface area contributed by atoms with Gasteiger partial charge in [0.1, 0.15) is 5.65 Å². The zero-order valence-electron chi connectivity index (χ0n) is 14.3. The van der Waals surface area contributed by atoms with Crippen LogP contribution < -0.4 is 10.2 Å². The molecule has 1 saturated heterocycles. The molecular formula is C19H20BrN5O. The average Bonchev–Trinajstić information content (AvgIpc) is 2.87. The molecule has 1 aliphatic rings. The smallest absolute Gasteiger partial charge is 0.257 e. The summed E-state index contributed by atoms with van der Waals surface area (Å²) in [4.78, 5) is 26.8. The highest BCUT2D eigenvalue weighted by Gasteiger charge is 2.18. The zero-order chi connectivity index (χ0) is 17.9. The molecule has 3 aromatic heterocycles. The normalized spacial score (nSPS) is 15.0. The minimum atomic E-state index is -0.166. The first-order chi connectivity index (χ1) is 12.7. The van der Waals surface area contributed by atoms with E-state index in [4.69, 9.17) is 0 Å². The lowest BCUT2D eigenvalue weighted by molar-refractivity contribution is 0.102. The van der Waals surface area contributed by atoms with Crippen molar-refractivity contribution in [3.8, 4) is 0 Å². The Hall–Kier alpha value is -2.41. The molecule has 2 N–H and O–H groups in total. The fourth-order valence-corrected chi connectivity index (χ4v) is 3.76. The Morgan fingerprint density at radius 1 is 1.19 bits per heavy atom. The number of amides is 1. The number of carbonyl (C=O) groups is 1. The molecule has 1 aliphatic heterocycles. The van der Waals surface area contributed by atoms with Gasteiger partial charge in [-0.15, -0.1) is 0 Å². The molecule has 4 rings (SSSR count). The van der Waals surface area contributed by atoms with Crippen LogP contribution in [0.3, 0.4) is 0 Å². The second-order valence-corrected chi connectivity index (χ2v) is 7.42. The first kappa shape index (κ1) is 17.0. The molecule has 0 radical (unpaired) electrons. The van der Waals surface area contributed by atoms with E-state index in [0.717, 1.165) is 34.3 Å². The summed E-state index contributed by atoms with van der Waals surface area (Å²) >= 11 is 3.41. The maximum Gasteiger partial charge on any atom is 0.257 e. The fraction of sp³-hybridized carbons (Fsp3) is 0.316. The van der Waals surface area contributed by atoms with E-state index >= 15 is 0 Å². The quantitative estimate of drug-likeness (QED) is 0.668. The van der Waals surface area contributed by atoms with Gasteiger partial charge in [-0.2, -0.15) is 0 Å². The van der Waals surface area contributed by atoms with Crippen LogP contribution in [0.15, 0.2) is 41.4 Å². The predicted octanol–water partition coefficient (Wildman–Crippen LogP) is 4.35. The SMILES string of the molecule is O=C(Nc1cnccc1N1CCCCCC1)c1c[nH]c2ncc(Br)cc12. The first-order valence-electron chi connectivity index (χ1n) is 8.85. The molecule has 1 fully saturated rings. The van der Waals surface area contributed by atoms with Crippen LogP contribution in [-0.4, -0.2) is 33.9 Å². The number of nitrogens with zero attached hydrogens (tertiary/aromatic N) is 3. The van der Waals surface area contributed by atoms with Gasteiger partial charge in [-0.1, -0.05) is 12.8 Å². The van der Waals surface area contributed by atoms with Gasteiger partial charge in [0, 0.05) is 41.5 Å². The standard InChI is InChI=1S/C19H20BrN5O/c20-13-9-14-15(11-23-18(14)22-10-13)19(26)24-16-12-21-6-5-17(16)25-7-3-1-2-4-8-25/h5-6,9-12H,1-4,7-8H2,(H,22,23)(H,24,26). The van der Waals surface area contributed by atoms with Crippen LogP contribution >= 0.6 is 15.9 Å². The fourth-order valence-electron chi connectivity index (χ4n) is 3.43. The molecule has 0 atom stereocenters. The summed E-state index contributed by atoms with van der Waals surface area (Å²) in [6, 6.07) is 3.88. The van der Waals surface area contributed by atoms with Gasteiger partial charge >= 0.3 is 0 Å². The molecule has 0 unspecified atom stereocenters. The maximum atomic E-state index is 12.9. The van der Waals surface area contributed by atoms with Crippen LogP contribution in [0.1, 0.15) is 36.0 Å². The molecule has 0 spiro atoms. The summed E-state index contributed by atoms with van der Waals surface area (Å²) in [5, 5.41) is 3.83. The molecular weight excluding hydrogens is 394 g/mol. The van der Waals surface area contributed by atoms with E-state index in [1.54, 1.807) is 24.8 Å². The third kappa shape index (κ3) is 3.44. The summed E-state index contributed by atoms with van der Waals surface area (Å²) < 4.78 is 0.838. The van der Waals surface area contributed by atoms with Crippen molar-refractivity contribution in [1.82, 2.24) is 15.0 Å². The van der Waals surface area contributed by atoms with Crippen molar-refractivity contribution >= 4 is 44.2 Å². The second-order valence-electron chi connectivity index (χ2n) is 6.50. The maximum absolute atomic E-state index is 12.9. The Labute approximate surface area is 160 Å². The minimum Gasteiger partial charge on any atom is -0.370 e. The van der Waals surface area contributed by atoms with Crippen LogP contribution in [0.2, 0.25) is 0 Å². The molecule has 0 aliphatic carbocycles. The molecule has 4 heterocycles. The summed E-state index contributed by atoms with van der Waals surface area (Å²) in [6.07, 6.45) is 11.8. The van der Waals surface area contributed by atoms with Crippen LogP contribution in [0.5, 0.6) is 0 Å². The minimum absolute atomic E-state index is 0.166. The molecule has 6 nitrogen and oxygen atoms in total. The number of halogens is 1. The van der Waals surface area contributed by atoms with E-state index in [9.17, 15) is 4.79 Å². The Balaban J connectivity index is 1.62. The topological polar surface area (TPSA) is 73.9 Å². The molecule has 3 aromatic rings. The Morgan fingerprint density at radius 2 is 2.00 bits per heavy atom. The first-order valence-corrected chi connectivity index (χ1v) is 9.64. The summed E-state index contributed by atoms with van der Waals surface area (Å²) in [5.41, 5.74) is 3.04. The molecule has 26 heavy (non-hydrogen) atoms. The summed E-state index contributed by atoms with van der Waals surface area (Å²) in [7, 11) is 0. The highest BCUT2D eigenvalue weighted by Crippen LogP contribution is 2.28. The molecule has 134 valence electrons. The monoisotopic (exact) mass is 413 g/mol. The summed E-state index contributed by atoms with van der Waals surface area (Å²) in [6.45, 7) is 2.02. The number of aromatic amines is 1. The van der Waals surface area contributed by atoms with Crippen molar-refractivity contribution in [1.29, 1.82) is 0 Å². The lowest BCUT2D eigenvalue weighted by Crippen LogP contribution is -2.25. The van der Waals surface area contributed by atoms with E-state index in [1.165, 1.54) is 25.7 Å². The Kier molecular flexibility index (Phi) is 4.88. The highest BCUT2D eigenvalue weighted by molar-refractivity contribution is 9.10.